The third kappa shape index (κ3) is 6.28. The number of carbonyl (C=O) groups excluding carboxylic acids is 1. The van der Waals surface area contributed by atoms with Gasteiger partial charge >= 0.3 is 0 Å². The number of aliphatic imine (C=N–C) groups is 1. The summed E-state index contributed by atoms with van der Waals surface area (Å²) in [6, 6.07) is 3.98. The van der Waals surface area contributed by atoms with Crippen molar-refractivity contribution >= 4 is 47.4 Å². The molecule has 2 aliphatic rings. The molecule has 0 aliphatic carbocycles. The number of nitrogens with one attached hydrogen (secondary N) is 2. The summed E-state index contributed by atoms with van der Waals surface area (Å²) in [5.74, 6) is 2.24. The Hall–Kier alpha value is -1.42. The van der Waals surface area contributed by atoms with Crippen LogP contribution in [0.4, 0.5) is 0 Å². The van der Waals surface area contributed by atoms with E-state index < -0.39 is 0 Å². The van der Waals surface area contributed by atoms with E-state index in [-0.39, 0.29) is 41.8 Å². The zero-order valence-corrected chi connectivity index (χ0v) is 20.3. The molecule has 0 radical (unpaired) electrons. The molecule has 1 atom stereocenters. The van der Waals surface area contributed by atoms with Gasteiger partial charge in [0.1, 0.15) is 13.2 Å². The molecular weight excluding hydrogens is 507 g/mol. The van der Waals surface area contributed by atoms with Crippen LogP contribution in [0.3, 0.4) is 0 Å². The largest absolute Gasteiger partial charge is 0.486 e. The number of amides is 1. The fourth-order valence-corrected chi connectivity index (χ4v) is 3.67. The van der Waals surface area contributed by atoms with Gasteiger partial charge in [-0.05, 0) is 31.0 Å². The Kier molecular flexibility index (Phi) is 9.13. The quantitative estimate of drug-likeness (QED) is 0.344. The lowest BCUT2D eigenvalue weighted by Gasteiger charge is -2.21. The van der Waals surface area contributed by atoms with Crippen molar-refractivity contribution in [1.82, 2.24) is 15.5 Å². The summed E-state index contributed by atoms with van der Waals surface area (Å²) >= 11 is 6.31. The molecular formula is C20H30ClIN4O3. The maximum absolute atomic E-state index is 12.2. The Morgan fingerprint density at radius 1 is 1.34 bits per heavy atom. The van der Waals surface area contributed by atoms with Crippen LogP contribution in [0.15, 0.2) is 17.1 Å². The highest BCUT2D eigenvalue weighted by Gasteiger charge is 2.28. The third-order valence-electron chi connectivity index (χ3n) is 4.76. The van der Waals surface area contributed by atoms with Crippen molar-refractivity contribution in [1.29, 1.82) is 0 Å². The fraction of sp³-hybridized carbons (Fsp3) is 0.600. The van der Waals surface area contributed by atoms with E-state index in [2.05, 4.69) is 15.6 Å². The van der Waals surface area contributed by atoms with E-state index in [1.807, 2.05) is 37.8 Å². The van der Waals surface area contributed by atoms with E-state index in [9.17, 15) is 4.79 Å². The molecule has 1 saturated heterocycles. The summed E-state index contributed by atoms with van der Waals surface area (Å²) in [5, 5.41) is 7.25. The van der Waals surface area contributed by atoms with Gasteiger partial charge in [-0.2, -0.15) is 0 Å². The molecule has 1 aromatic carbocycles. The van der Waals surface area contributed by atoms with Crippen LogP contribution in [0.2, 0.25) is 5.02 Å². The zero-order valence-electron chi connectivity index (χ0n) is 17.2. The van der Waals surface area contributed by atoms with Crippen LogP contribution in [0, 0.1) is 5.92 Å². The van der Waals surface area contributed by atoms with E-state index in [1.165, 1.54) is 0 Å². The standard InChI is InChI=1S/C20H29ClN4O3.HI/c1-4-22-20(24-15-5-6-25(12-15)19(26)13(2)3)23-11-14-9-16(21)18-17(10-14)27-7-8-28-18;/h9-10,13,15H,4-8,11-12H2,1-3H3,(H2,22,23,24);1H. The lowest BCUT2D eigenvalue weighted by atomic mass is 10.2. The van der Waals surface area contributed by atoms with Crippen molar-refractivity contribution in [2.24, 2.45) is 10.9 Å². The van der Waals surface area contributed by atoms with E-state index in [4.69, 9.17) is 21.1 Å². The molecule has 2 N–H and O–H groups in total. The zero-order chi connectivity index (χ0) is 20.1. The third-order valence-corrected chi connectivity index (χ3v) is 5.04. The van der Waals surface area contributed by atoms with Crippen LogP contribution in [0.25, 0.3) is 0 Å². The molecule has 1 fully saturated rings. The molecule has 0 aromatic heterocycles. The summed E-state index contributed by atoms with van der Waals surface area (Å²) in [5.41, 5.74) is 0.953. The van der Waals surface area contributed by atoms with Crippen LogP contribution < -0.4 is 20.1 Å². The number of nitrogens with zero attached hydrogens (tertiary/aromatic N) is 2. The van der Waals surface area contributed by atoms with Gasteiger partial charge in [0.05, 0.1) is 11.6 Å². The second-order valence-corrected chi connectivity index (χ2v) is 7.77. The first-order chi connectivity index (χ1) is 13.5. The topological polar surface area (TPSA) is 75.2 Å². The summed E-state index contributed by atoms with van der Waals surface area (Å²) in [4.78, 5) is 18.8. The first-order valence-electron chi connectivity index (χ1n) is 9.89. The van der Waals surface area contributed by atoms with Crippen molar-refractivity contribution in [3.63, 3.8) is 0 Å². The summed E-state index contributed by atoms with van der Waals surface area (Å²) in [6.07, 6.45) is 0.915. The number of halogens is 2. The molecule has 1 unspecified atom stereocenters. The second-order valence-electron chi connectivity index (χ2n) is 7.37. The molecule has 9 heteroatoms. The predicted molar refractivity (Wildman–Crippen MR) is 126 cm³/mol. The molecule has 2 aliphatic heterocycles. The normalized spacial score (nSPS) is 18.4. The Bertz CT molecular complexity index is 745. The van der Waals surface area contributed by atoms with Crippen LogP contribution in [0.5, 0.6) is 11.5 Å². The first kappa shape index (κ1) is 23.9. The van der Waals surface area contributed by atoms with E-state index >= 15 is 0 Å². The minimum absolute atomic E-state index is 0. The fourth-order valence-electron chi connectivity index (χ4n) is 3.38. The SMILES string of the molecule is CCNC(=NCc1cc(Cl)c2c(c1)OCCO2)NC1CCN(C(=O)C(C)C)C1.I. The Morgan fingerprint density at radius 3 is 2.83 bits per heavy atom. The molecule has 1 aromatic rings. The van der Waals surface area contributed by atoms with Gasteiger partial charge in [0.2, 0.25) is 5.91 Å². The van der Waals surface area contributed by atoms with Gasteiger partial charge in [0.25, 0.3) is 0 Å². The molecule has 0 spiro atoms. The predicted octanol–water partition coefficient (Wildman–Crippen LogP) is 3.04. The van der Waals surface area contributed by atoms with Crippen molar-refractivity contribution in [3.8, 4) is 11.5 Å². The monoisotopic (exact) mass is 536 g/mol. The number of hydrogen-bond donors (Lipinski definition) is 2. The van der Waals surface area contributed by atoms with Crippen molar-refractivity contribution in [2.75, 3.05) is 32.8 Å². The molecule has 3 rings (SSSR count). The van der Waals surface area contributed by atoms with Gasteiger partial charge < -0.3 is 25.0 Å². The Balaban J connectivity index is 0.00000300. The lowest BCUT2D eigenvalue weighted by molar-refractivity contribution is -0.133. The highest BCUT2D eigenvalue weighted by molar-refractivity contribution is 14.0. The van der Waals surface area contributed by atoms with E-state index in [0.717, 1.165) is 31.0 Å². The molecule has 1 amide bonds. The Morgan fingerprint density at radius 2 is 2.10 bits per heavy atom. The summed E-state index contributed by atoms with van der Waals surface area (Å²) in [6.45, 7) is 9.65. The minimum Gasteiger partial charge on any atom is -0.486 e. The molecule has 0 saturated carbocycles. The average Bonchev–Trinajstić information content (AvgIpc) is 3.14. The Labute approximate surface area is 194 Å². The number of guanidine groups is 1. The minimum atomic E-state index is 0. The van der Waals surface area contributed by atoms with E-state index in [0.29, 0.717) is 42.8 Å². The maximum Gasteiger partial charge on any atom is 0.225 e. The second kappa shape index (κ2) is 11.1. The number of ether oxygens (including phenoxy) is 2. The first-order valence-corrected chi connectivity index (χ1v) is 10.3. The highest BCUT2D eigenvalue weighted by atomic mass is 127. The number of benzene rings is 1. The number of hydrogen-bond acceptors (Lipinski definition) is 4. The lowest BCUT2D eigenvalue weighted by Crippen LogP contribution is -2.45. The van der Waals surface area contributed by atoms with Gasteiger partial charge in [-0.25, -0.2) is 4.99 Å². The number of rotatable bonds is 5. The molecule has 2 heterocycles. The molecule has 0 bridgehead atoms. The number of carbonyl (C=O) groups is 1. The smallest absolute Gasteiger partial charge is 0.225 e. The summed E-state index contributed by atoms with van der Waals surface area (Å²) in [7, 11) is 0. The highest BCUT2D eigenvalue weighted by Crippen LogP contribution is 2.38. The maximum atomic E-state index is 12.2. The van der Waals surface area contributed by atoms with Gasteiger partial charge in [-0.15, -0.1) is 24.0 Å². The van der Waals surface area contributed by atoms with Gasteiger partial charge in [0, 0.05) is 31.6 Å². The van der Waals surface area contributed by atoms with Crippen LogP contribution in [-0.4, -0.2) is 55.7 Å². The van der Waals surface area contributed by atoms with Crippen LogP contribution in [0.1, 0.15) is 32.8 Å². The average molecular weight is 537 g/mol. The van der Waals surface area contributed by atoms with Gasteiger partial charge in [-0.3, -0.25) is 4.79 Å². The molecule has 7 nitrogen and oxygen atoms in total. The van der Waals surface area contributed by atoms with Gasteiger partial charge in [0.15, 0.2) is 17.5 Å². The summed E-state index contributed by atoms with van der Waals surface area (Å²) < 4.78 is 11.2. The van der Waals surface area contributed by atoms with Crippen LogP contribution >= 0.6 is 35.6 Å². The van der Waals surface area contributed by atoms with E-state index in [1.54, 1.807) is 0 Å². The van der Waals surface area contributed by atoms with Crippen molar-refractivity contribution < 1.29 is 14.3 Å². The van der Waals surface area contributed by atoms with Crippen molar-refractivity contribution in [3.05, 3.63) is 22.7 Å². The van der Waals surface area contributed by atoms with Crippen LogP contribution in [-0.2, 0) is 11.3 Å². The molecule has 162 valence electrons. The van der Waals surface area contributed by atoms with Crippen molar-refractivity contribution in [2.45, 2.75) is 39.8 Å². The molecule has 29 heavy (non-hydrogen) atoms. The number of likely N-dealkylation sites (tertiary alicyclic amines) is 1. The van der Waals surface area contributed by atoms with Gasteiger partial charge in [-0.1, -0.05) is 25.4 Å². The number of fused-ring (bicyclic) bond motifs is 1.